The molecule has 3 rings (SSSR count). The number of fused-ring (bicyclic) bond motifs is 1. The number of benzene rings is 2. The molecule has 0 aliphatic carbocycles. The molecule has 1 unspecified atom stereocenters. The molecule has 86 valence electrons. The molecule has 1 heterocycles. The van der Waals surface area contributed by atoms with Gasteiger partial charge in [0, 0.05) is 12.1 Å². The second-order valence-corrected chi connectivity index (χ2v) is 4.18. The Labute approximate surface area is 98.1 Å². The number of halogens is 2. The molecular weight excluding hydrogens is 220 g/mol. The fraction of sp³-hybridized carbons (Fsp3) is 0.143. The monoisotopic (exact) mass is 231 g/mol. The van der Waals surface area contributed by atoms with Crippen molar-refractivity contribution in [2.45, 2.75) is 12.6 Å². The highest BCUT2D eigenvalue weighted by atomic mass is 19.1. The summed E-state index contributed by atoms with van der Waals surface area (Å²) in [5, 5.41) is 3.20. The van der Waals surface area contributed by atoms with E-state index in [1.54, 1.807) is 24.3 Å². The lowest BCUT2D eigenvalue weighted by Gasteiger charge is -2.13. The second kappa shape index (κ2) is 3.93. The lowest BCUT2D eigenvalue weighted by molar-refractivity contribution is 0.570. The van der Waals surface area contributed by atoms with Gasteiger partial charge in [0.15, 0.2) is 0 Å². The van der Waals surface area contributed by atoms with E-state index in [0.29, 0.717) is 12.1 Å². The molecule has 0 bridgehead atoms. The molecule has 1 aliphatic heterocycles. The summed E-state index contributed by atoms with van der Waals surface area (Å²) in [5.41, 5.74) is 2.42. The van der Waals surface area contributed by atoms with Crippen LogP contribution in [-0.4, -0.2) is 0 Å². The summed E-state index contributed by atoms with van der Waals surface area (Å²) >= 11 is 0. The van der Waals surface area contributed by atoms with Gasteiger partial charge in [-0.2, -0.15) is 0 Å². The molecule has 3 heteroatoms. The zero-order valence-electron chi connectivity index (χ0n) is 9.08. The molecule has 1 nitrogen and oxygen atoms in total. The molecule has 1 aliphatic rings. The van der Waals surface area contributed by atoms with E-state index >= 15 is 0 Å². The van der Waals surface area contributed by atoms with E-state index in [1.165, 1.54) is 18.2 Å². The van der Waals surface area contributed by atoms with Crippen molar-refractivity contribution < 1.29 is 8.78 Å². The van der Waals surface area contributed by atoms with Crippen molar-refractivity contribution >= 4 is 0 Å². The molecule has 0 aromatic heterocycles. The first kappa shape index (κ1) is 10.4. The summed E-state index contributed by atoms with van der Waals surface area (Å²) in [6.45, 7) is 0.647. The maximum absolute atomic E-state index is 13.7. The van der Waals surface area contributed by atoms with Gasteiger partial charge in [-0.05, 0) is 29.3 Å². The normalized spacial score (nSPS) is 18.1. The van der Waals surface area contributed by atoms with E-state index in [1.807, 2.05) is 0 Å². The third kappa shape index (κ3) is 1.72. The highest BCUT2D eigenvalue weighted by Crippen LogP contribution is 2.32. The van der Waals surface area contributed by atoms with Crippen LogP contribution in [0.3, 0.4) is 0 Å². The average Bonchev–Trinajstić information content (AvgIpc) is 2.72. The van der Waals surface area contributed by atoms with Crippen molar-refractivity contribution in [1.82, 2.24) is 5.32 Å². The number of nitrogens with one attached hydrogen (secondary N) is 1. The van der Waals surface area contributed by atoms with Crippen LogP contribution >= 0.6 is 0 Å². The van der Waals surface area contributed by atoms with Gasteiger partial charge in [0.1, 0.15) is 11.6 Å². The van der Waals surface area contributed by atoms with E-state index in [4.69, 9.17) is 0 Å². The lowest BCUT2D eigenvalue weighted by Crippen LogP contribution is -2.14. The lowest BCUT2D eigenvalue weighted by atomic mass is 9.98. The van der Waals surface area contributed by atoms with Crippen LogP contribution in [0, 0.1) is 11.6 Å². The Morgan fingerprint density at radius 1 is 1.00 bits per heavy atom. The van der Waals surface area contributed by atoms with E-state index in [-0.39, 0.29) is 17.7 Å². The molecule has 1 atom stereocenters. The third-order valence-electron chi connectivity index (χ3n) is 3.13. The minimum absolute atomic E-state index is 0.248. The van der Waals surface area contributed by atoms with Crippen LogP contribution in [0.15, 0.2) is 42.5 Å². The maximum Gasteiger partial charge on any atom is 0.128 e. The minimum Gasteiger partial charge on any atom is -0.302 e. The quantitative estimate of drug-likeness (QED) is 0.795. The zero-order chi connectivity index (χ0) is 11.8. The smallest absolute Gasteiger partial charge is 0.128 e. The van der Waals surface area contributed by atoms with Crippen LogP contribution < -0.4 is 5.32 Å². The predicted molar refractivity (Wildman–Crippen MR) is 61.5 cm³/mol. The Balaban J connectivity index is 2.10. The Bertz CT molecular complexity index is 566. The summed E-state index contributed by atoms with van der Waals surface area (Å²) in [7, 11) is 0. The van der Waals surface area contributed by atoms with Gasteiger partial charge in [0.2, 0.25) is 0 Å². The molecule has 0 fully saturated rings. The Hall–Kier alpha value is -1.74. The first-order valence-corrected chi connectivity index (χ1v) is 5.52. The van der Waals surface area contributed by atoms with E-state index in [2.05, 4.69) is 5.32 Å². The summed E-state index contributed by atoms with van der Waals surface area (Å²) in [6, 6.07) is 11.0. The summed E-state index contributed by atoms with van der Waals surface area (Å²) in [6.07, 6.45) is 0. The second-order valence-electron chi connectivity index (χ2n) is 4.18. The predicted octanol–water partition coefficient (Wildman–Crippen LogP) is 3.16. The number of hydrogen-bond acceptors (Lipinski definition) is 1. The molecule has 2 aromatic rings. The zero-order valence-corrected chi connectivity index (χ0v) is 9.08. The average molecular weight is 231 g/mol. The van der Waals surface area contributed by atoms with Crippen LogP contribution in [0.25, 0.3) is 0 Å². The molecule has 17 heavy (non-hydrogen) atoms. The first-order chi connectivity index (χ1) is 8.25. The molecule has 0 saturated carbocycles. The topological polar surface area (TPSA) is 12.0 Å². The van der Waals surface area contributed by atoms with Crippen molar-refractivity contribution in [2.75, 3.05) is 0 Å². The molecule has 0 spiro atoms. The van der Waals surface area contributed by atoms with E-state index in [9.17, 15) is 8.78 Å². The Morgan fingerprint density at radius 3 is 2.65 bits per heavy atom. The van der Waals surface area contributed by atoms with Gasteiger partial charge in [-0.15, -0.1) is 0 Å². The molecule has 2 aromatic carbocycles. The molecule has 0 radical (unpaired) electrons. The molecule has 0 saturated heterocycles. The van der Waals surface area contributed by atoms with Crippen molar-refractivity contribution in [1.29, 1.82) is 0 Å². The van der Waals surface area contributed by atoms with Crippen LogP contribution in [0.1, 0.15) is 22.7 Å². The third-order valence-corrected chi connectivity index (χ3v) is 3.13. The van der Waals surface area contributed by atoms with Crippen LogP contribution in [0.2, 0.25) is 0 Å². The van der Waals surface area contributed by atoms with Gasteiger partial charge in [0.25, 0.3) is 0 Å². The standard InChI is InChI=1S/C14H11F2N/c15-10-6-5-9-8-17-14(12(9)7-10)11-3-1-2-4-13(11)16/h1-7,14,17H,8H2. The van der Waals surface area contributed by atoms with Crippen molar-refractivity contribution in [3.63, 3.8) is 0 Å². The number of rotatable bonds is 1. The van der Waals surface area contributed by atoms with Gasteiger partial charge < -0.3 is 5.32 Å². The highest BCUT2D eigenvalue weighted by molar-refractivity contribution is 5.41. The summed E-state index contributed by atoms with van der Waals surface area (Å²) in [5.74, 6) is -0.545. The van der Waals surface area contributed by atoms with Crippen molar-refractivity contribution in [2.24, 2.45) is 0 Å². The fourth-order valence-electron chi connectivity index (χ4n) is 2.30. The molecule has 1 N–H and O–H groups in total. The Morgan fingerprint density at radius 2 is 1.82 bits per heavy atom. The van der Waals surface area contributed by atoms with Crippen LogP contribution in [0.4, 0.5) is 8.78 Å². The van der Waals surface area contributed by atoms with E-state index in [0.717, 1.165) is 11.1 Å². The van der Waals surface area contributed by atoms with Gasteiger partial charge in [-0.1, -0.05) is 24.3 Å². The van der Waals surface area contributed by atoms with Gasteiger partial charge in [-0.25, -0.2) is 8.78 Å². The molecular formula is C14H11F2N. The SMILES string of the molecule is Fc1ccc2c(c1)C(c1ccccc1F)NC2. The summed E-state index contributed by atoms with van der Waals surface area (Å²) < 4.78 is 26.9. The molecule has 0 amide bonds. The van der Waals surface area contributed by atoms with Gasteiger partial charge in [-0.3, -0.25) is 0 Å². The summed E-state index contributed by atoms with van der Waals surface area (Å²) in [4.78, 5) is 0. The van der Waals surface area contributed by atoms with Crippen LogP contribution in [0.5, 0.6) is 0 Å². The fourth-order valence-corrected chi connectivity index (χ4v) is 2.30. The van der Waals surface area contributed by atoms with Gasteiger partial charge in [0.05, 0.1) is 6.04 Å². The largest absolute Gasteiger partial charge is 0.302 e. The van der Waals surface area contributed by atoms with Crippen molar-refractivity contribution in [3.8, 4) is 0 Å². The van der Waals surface area contributed by atoms with E-state index < -0.39 is 0 Å². The first-order valence-electron chi connectivity index (χ1n) is 5.52. The van der Waals surface area contributed by atoms with Gasteiger partial charge >= 0.3 is 0 Å². The van der Waals surface area contributed by atoms with Crippen molar-refractivity contribution in [3.05, 3.63) is 70.8 Å². The Kier molecular flexibility index (Phi) is 2.41. The maximum atomic E-state index is 13.7. The number of hydrogen-bond donors (Lipinski definition) is 1. The minimum atomic E-state index is -0.284. The highest BCUT2D eigenvalue weighted by Gasteiger charge is 2.25. The van der Waals surface area contributed by atoms with Crippen LogP contribution in [-0.2, 0) is 6.54 Å².